The van der Waals surface area contributed by atoms with Crippen LogP contribution in [0.3, 0.4) is 0 Å². The highest BCUT2D eigenvalue weighted by atomic mass is 35.5. The van der Waals surface area contributed by atoms with E-state index in [1.807, 2.05) is 31.2 Å². The Bertz CT molecular complexity index is 609. The van der Waals surface area contributed by atoms with Crippen molar-refractivity contribution in [3.63, 3.8) is 0 Å². The zero-order valence-electron chi connectivity index (χ0n) is 10.4. The summed E-state index contributed by atoms with van der Waals surface area (Å²) < 4.78 is 0. The first kappa shape index (κ1) is 11.7. The highest BCUT2D eigenvalue weighted by molar-refractivity contribution is 6.21. The predicted octanol–water partition coefficient (Wildman–Crippen LogP) is 4.07. The Labute approximate surface area is 112 Å². The zero-order valence-corrected chi connectivity index (χ0v) is 11.2. The van der Waals surface area contributed by atoms with Crippen LogP contribution in [0.2, 0.25) is 0 Å². The van der Waals surface area contributed by atoms with Gasteiger partial charge in [-0.25, -0.2) is 0 Å². The largest absolute Gasteiger partial charge is 0.507 e. The van der Waals surface area contributed by atoms with Crippen LogP contribution in [0.15, 0.2) is 30.3 Å². The van der Waals surface area contributed by atoms with E-state index in [9.17, 15) is 5.11 Å². The number of nitrogens with one attached hydrogen (secondary N) is 1. The minimum atomic E-state index is 0.0571. The Kier molecular flexibility index (Phi) is 2.63. The number of phenols is 1. The van der Waals surface area contributed by atoms with Crippen molar-refractivity contribution >= 4 is 28.1 Å². The quantitative estimate of drug-likeness (QED) is 0.759. The maximum Gasteiger partial charge on any atom is 0.125 e. The van der Waals surface area contributed by atoms with E-state index in [0.29, 0.717) is 5.75 Å². The standard InChI is InChI=1S/C15H16ClNO/c1-8(16)14-9(2)17-12-7-13(18)10-5-3-4-6-11(10)15(12)14/h3-9,14,17-18H,1-2H3/t8-,9-,14-/m1/s1. The number of hydrogen-bond acceptors (Lipinski definition) is 2. The topological polar surface area (TPSA) is 32.3 Å². The number of halogens is 1. The number of benzene rings is 2. The van der Waals surface area contributed by atoms with Gasteiger partial charge in [0.15, 0.2) is 0 Å². The van der Waals surface area contributed by atoms with Gasteiger partial charge in [-0.2, -0.15) is 0 Å². The molecule has 2 N–H and O–H groups in total. The van der Waals surface area contributed by atoms with Crippen molar-refractivity contribution in [1.29, 1.82) is 0 Å². The van der Waals surface area contributed by atoms with Gasteiger partial charge in [-0.3, -0.25) is 0 Å². The molecule has 0 spiro atoms. The normalized spacial score (nSPS) is 23.7. The summed E-state index contributed by atoms with van der Waals surface area (Å²) in [6, 6.07) is 10.1. The Hall–Kier alpha value is -1.41. The van der Waals surface area contributed by atoms with E-state index < -0.39 is 0 Å². The van der Waals surface area contributed by atoms with Crippen LogP contribution in [0.4, 0.5) is 5.69 Å². The number of rotatable bonds is 1. The average Bonchev–Trinajstić information content (AvgIpc) is 2.66. The molecule has 0 aliphatic carbocycles. The fraction of sp³-hybridized carbons (Fsp3) is 0.333. The highest BCUT2D eigenvalue weighted by Gasteiger charge is 2.34. The van der Waals surface area contributed by atoms with Crippen molar-refractivity contribution in [2.45, 2.75) is 31.2 Å². The lowest BCUT2D eigenvalue weighted by Gasteiger charge is -2.19. The van der Waals surface area contributed by atoms with Crippen molar-refractivity contribution in [2.24, 2.45) is 0 Å². The van der Waals surface area contributed by atoms with Crippen molar-refractivity contribution < 1.29 is 5.11 Å². The average molecular weight is 262 g/mol. The van der Waals surface area contributed by atoms with E-state index in [0.717, 1.165) is 16.5 Å². The third-order valence-corrected chi connectivity index (χ3v) is 4.09. The lowest BCUT2D eigenvalue weighted by molar-refractivity contribution is 0.482. The van der Waals surface area contributed by atoms with Gasteiger partial charge in [-0.05, 0) is 24.8 Å². The highest BCUT2D eigenvalue weighted by Crippen LogP contribution is 2.46. The first-order chi connectivity index (χ1) is 8.59. The molecular weight excluding hydrogens is 246 g/mol. The molecule has 18 heavy (non-hydrogen) atoms. The SMILES string of the molecule is C[C@@H](Cl)[C@H]1c2c(cc(O)c3ccccc23)N[C@@H]1C. The fourth-order valence-corrected chi connectivity index (χ4v) is 3.41. The molecule has 2 aromatic carbocycles. The first-order valence-corrected chi connectivity index (χ1v) is 6.68. The molecule has 0 saturated carbocycles. The lowest BCUT2D eigenvalue weighted by atomic mass is 9.89. The van der Waals surface area contributed by atoms with E-state index in [2.05, 4.69) is 18.3 Å². The summed E-state index contributed by atoms with van der Waals surface area (Å²) in [5.74, 6) is 0.596. The van der Waals surface area contributed by atoms with Crippen LogP contribution in [0, 0.1) is 0 Å². The summed E-state index contributed by atoms with van der Waals surface area (Å²) >= 11 is 6.34. The second-order valence-electron chi connectivity index (χ2n) is 5.04. The zero-order chi connectivity index (χ0) is 12.9. The molecule has 0 amide bonds. The molecule has 0 bridgehead atoms. The minimum absolute atomic E-state index is 0.0571. The van der Waals surface area contributed by atoms with Gasteiger partial charge in [0, 0.05) is 34.5 Å². The second-order valence-corrected chi connectivity index (χ2v) is 5.73. The van der Waals surface area contributed by atoms with E-state index in [-0.39, 0.29) is 17.3 Å². The Balaban J connectivity index is 2.34. The minimum Gasteiger partial charge on any atom is -0.507 e. The lowest BCUT2D eigenvalue weighted by Crippen LogP contribution is -2.22. The molecule has 0 radical (unpaired) electrons. The van der Waals surface area contributed by atoms with Gasteiger partial charge in [0.05, 0.1) is 0 Å². The van der Waals surface area contributed by atoms with Crippen LogP contribution >= 0.6 is 11.6 Å². The molecule has 0 saturated heterocycles. The van der Waals surface area contributed by atoms with Crippen molar-refractivity contribution in [2.75, 3.05) is 5.32 Å². The predicted molar refractivity (Wildman–Crippen MR) is 76.8 cm³/mol. The van der Waals surface area contributed by atoms with Crippen LogP contribution in [0.25, 0.3) is 10.8 Å². The molecule has 0 fully saturated rings. The van der Waals surface area contributed by atoms with E-state index in [1.165, 1.54) is 5.56 Å². The maximum atomic E-state index is 10.1. The van der Waals surface area contributed by atoms with Crippen molar-refractivity contribution in [1.82, 2.24) is 0 Å². The van der Waals surface area contributed by atoms with E-state index >= 15 is 0 Å². The fourth-order valence-electron chi connectivity index (χ4n) is 3.07. The molecule has 0 aromatic heterocycles. The van der Waals surface area contributed by atoms with Gasteiger partial charge in [-0.1, -0.05) is 24.3 Å². The third-order valence-electron chi connectivity index (χ3n) is 3.81. The third kappa shape index (κ3) is 1.56. The Morgan fingerprint density at radius 3 is 2.61 bits per heavy atom. The Morgan fingerprint density at radius 2 is 1.94 bits per heavy atom. The maximum absolute atomic E-state index is 10.1. The second kappa shape index (κ2) is 4.06. The van der Waals surface area contributed by atoms with Gasteiger partial charge in [-0.15, -0.1) is 11.6 Å². The summed E-state index contributed by atoms with van der Waals surface area (Å²) in [4.78, 5) is 0. The number of fused-ring (bicyclic) bond motifs is 3. The number of phenolic OH excluding ortho intramolecular Hbond substituents is 1. The molecule has 1 aliphatic heterocycles. The van der Waals surface area contributed by atoms with E-state index in [4.69, 9.17) is 11.6 Å². The number of hydrogen-bond donors (Lipinski definition) is 2. The smallest absolute Gasteiger partial charge is 0.125 e. The molecule has 94 valence electrons. The van der Waals surface area contributed by atoms with Crippen LogP contribution in [-0.2, 0) is 0 Å². The van der Waals surface area contributed by atoms with Crippen molar-refractivity contribution in [3.05, 3.63) is 35.9 Å². The van der Waals surface area contributed by atoms with Gasteiger partial charge >= 0.3 is 0 Å². The van der Waals surface area contributed by atoms with Crippen molar-refractivity contribution in [3.8, 4) is 5.75 Å². The monoisotopic (exact) mass is 261 g/mol. The summed E-state index contributed by atoms with van der Waals surface area (Å²) in [5.41, 5.74) is 2.24. The molecule has 1 aliphatic rings. The first-order valence-electron chi connectivity index (χ1n) is 6.25. The van der Waals surface area contributed by atoms with Crippen LogP contribution in [-0.4, -0.2) is 16.5 Å². The Morgan fingerprint density at radius 1 is 1.28 bits per heavy atom. The molecule has 0 unspecified atom stereocenters. The summed E-state index contributed by atoms with van der Waals surface area (Å²) in [6.07, 6.45) is 0. The molecule has 3 rings (SSSR count). The molecule has 2 aromatic rings. The van der Waals surface area contributed by atoms with Crippen LogP contribution in [0.5, 0.6) is 5.75 Å². The van der Waals surface area contributed by atoms with Crippen LogP contribution < -0.4 is 5.32 Å². The molecule has 2 nitrogen and oxygen atoms in total. The van der Waals surface area contributed by atoms with Gasteiger partial charge in [0.2, 0.25) is 0 Å². The number of anilines is 1. The van der Waals surface area contributed by atoms with Gasteiger partial charge in [0.25, 0.3) is 0 Å². The molecule has 3 heteroatoms. The number of aromatic hydroxyl groups is 1. The molecule has 3 atom stereocenters. The van der Waals surface area contributed by atoms with Crippen LogP contribution in [0.1, 0.15) is 25.3 Å². The summed E-state index contributed by atoms with van der Waals surface area (Å²) in [5, 5.41) is 15.5. The van der Waals surface area contributed by atoms with Gasteiger partial charge < -0.3 is 10.4 Å². The summed E-state index contributed by atoms with van der Waals surface area (Å²) in [7, 11) is 0. The number of alkyl halides is 1. The molecule has 1 heterocycles. The summed E-state index contributed by atoms with van der Waals surface area (Å²) in [6.45, 7) is 4.16. The van der Waals surface area contributed by atoms with Gasteiger partial charge in [0.1, 0.15) is 5.75 Å². The van der Waals surface area contributed by atoms with E-state index in [1.54, 1.807) is 0 Å². The molecular formula is C15H16ClNO.